The van der Waals surface area contributed by atoms with Crippen molar-refractivity contribution >= 4 is 40.5 Å². The summed E-state index contributed by atoms with van der Waals surface area (Å²) in [5, 5.41) is 10.9. The second-order valence-electron chi connectivity index (χ2n) is 6.07. The number of nitro benzene ring substituents is 1. The number of benzene rings is 2. The van der Waals surface area contributed by atoms with Crippen molar-refractivity contribution in [3.05, 3.63) is 92.0 Å². The van der Waals surface area contributed by atoms with Crippen molar-refractivity contribution < 1.29 is 19.3 Å². The van der Waals surface area contributed by atoms with Gasteiger partial charge in [-0.3, -0.25) is 14.9 Å². The molecule has 0 atom stereocenters. The first-order chi connectivity index (χ1) is 14.3. The van der Waals surface area contributed by atoms with E-state index < -0.39 is 4.92 Å². The van der Waals surface area contributed by atoms with Crippen LogP contribution in [-0.4, -0.2) is 16.5 Å². The van der Waals surface area contributed by atoms with Crippen molar-refractivity contribution in [3.63, 3.8) is 0 Å². The number of hydrogen-bond acceptors (Lipinski definition) is 7. The Labute approximate surface area is 181 Å². The highest BCUT2D eigenvalue weighted by atomic mass is 35.5. The largest absolute Gasteiger partial charge is 0.458 e. The average Bonchev–Trinajstić information content (AvgIpc) is 3.23. The monoisotopic (exact) mass is 447 g/mol. The number of rotatable bonds is 7. The van der Waals surface area contributed by atoms with Crippen LogP contribution in [0.2, 0.25) is 10.0 Å². The molecule has 8 nitrogen and oxygen atoms in total. The van der Waals surface area contributed by atoms with E-state index in [1.807, 2.05) is 6.92 Å². The molecule has 0 saturated heterocycles. The zero-order valence-electron chi connectivity index (χ0n) is 15.6. The highest BCUT2D eigenvalue weighted by molar-refractivity contribution is 6.45. The maximum atomic E-state index is 12.3. The summed E-state index contributed by atoms with van der Waals surface area (Å²) in [5.41, 5.74) is 3.81. The van der Waals surface area contributed by atoms with E-state index in [4.69, 9.17) is 32.8 Å². The minimum absolute atomic E-state index is 0.0340. The van der Waals surface area contributed by atoms with E-state index in [1.54, 1.807) is 0 Å². The highest BCUT2D eigenvalue weighted by Gasteiger charge is 2.19. The standard InChI is InChI=1S/C20H15Cl2N3O5/c1-3-11(2)19(26)14-8-9-15(18(22)17(14)21)29-10-16-23-20(24-30-16)12-4-6-13(7-5-12)25(27)28/h4-10H,2-3H2,1H3,(H,23,24). The Morgan fingerprint density at radius 1 is 1.27 bits per heavy atom. The minimum atomic E-state index is -0.491. The van der Waals surface area contributed by atoms with Gasteiger partial charge >= 0.3 is 0 Å². The van der Waals surface area contributed by atoms with Gasteiger partial charge in [0, 0.05) is 23.3 Å². The molecule has 0 radical (unpaired) electrons. The number of carbonyl (C=O) groups excluding carboxylic acids is 1. The van der Waals surface area contributed by atoms with Crippen molar-refractivity contribution in [1.82, 2.24) is 5.48 Å². The summed E-state index contributed by atoms with van der Waals surface area (Å²) in [7, 11) is 0. The lowest BCUT2D eigenvalue weighted by Crippen LogP contribution is -2.17. The Morgan fingerprint density at radius 2 is 1.97 bits per heavy atom. The van der Waals surface area contributed by atoms with Gasteiger partial charge in [-0.1, -0.05) is 36.7 Å². The molecule has 0 spiro atoms. The van der Waals surface area contributed by atoms with Crippen LogP contribution in [0.25, 0.3) is 0 Å². The van der Waals surface area contributed by atoms with Crippen LogP contribution in [0.3, 0.4) is 0 Å². The number of Topliss-reactive ketones (excluding diaryl/α,β-unsaturated/α-hetero) is 1. The predicted molar refractivity (Wildman–Crippen MR) is 113 cm³/mol. The fourth-order valence-corrected chi connectivity index (χ4v) is 2.89. The van der Waals surface area contributed by atoms with Crippen molar-refractivity contribution in [1.29, 1.82) is 0 Å². The molecular weight excluding hydrogens is 433 g/mol. The molecule has 1 aliphatic rings. The van der Waals surface area contributed by atoms with Crippen molar-refractivity contribution in [3.8, 4) is 5.75 Å². The number of aliphatic imine (C=N–C) groups is 1. The van der Waals surface area contributed by atoms with Crippen LogP contribution in [0.5, 0.6) is 5.75 Å². The zero-order chi connectivity index (χ0) is 21.8. The summed E-state index contributed by atoms with van der Waals surface area (Å²) >= 11 is 12.4. The van der Waals surface area contributed by atoms with Crippen LogP contribution in [-0.2, 0) is 4.84 Å². The molecule has 0 saturated carbocycles. The Hall–Kier alpha value is -3.36. The quantitative estimate of drug-likeness (QED) is 0.205. The number of hydrogen-bond donors (Lipinski definition) is 1. The van der Waals surface area contributed by atoms with Crippen LogP contribution < -0.4 is 10.2 Å². The van der Waals surface area contributed by atoms with Gasteiger partial charge in [0.1, 0.15) is 10.8 Å². The Balaban J connectivity index is 1.76. The maximum Gasteiger partial charge on any atom is 0.283 e. The second-order valence-corrected chi connectivity index (χ2v) is 6.82. The molecule has 154 valence electrons. The highest BCUT2D eigenvalue weighted by Crippen LogP contribution is 2.36. The molecule has 30 heavy (non-hydrogen) atoms. The summed E-state index contributed by atoms with van der Waals surface area (Å²) in [5.74, 6) is 0.364. The number of ketones is 1. The lowest BCUT2D eigenvalue weighted by Gasteiger charge is -2.09. The van der Waals surface area contributed by atoms with Crippen LogP contribution >= 0.6 is 23.2 Å². The number of hydroxylamine groups is 1. The van der Waals surface area contributed by atoms with E-state index in [0.29, 0.717) is 23.4 Å². The van der Waals surface area contributed by atoms with Crippen LogP contribution in [0.1, 0.15) is 29.3 Å². The van der Waals surface area contributed by atoms with Crippen molar-refractivity contribution in [2.24, 2.45) is 4.99 Å². The van der Waals surface area contributed by atoms with E-state index in [2.05, 4.69) is 17.1 Å². The molecule has 0 aromatic heterocycles. The molecule has 0 unspecified atom stereocenters. The number of nitrogens with zero attached hydrogens (tertiary/aromatic N) is 2. The Morgan fingerprint density at radius 3 is 2.60 bits per heavy atom. The molecule has 2 aromatic carbocycles. The van der Waals surface area contributed by atoms with Crippen LogP contribution in [0.4, 0.5) is 5.69 Å². The number of nitrogens with one attached hydrogen (secondary N) is 1. The fourth-order valence-electron chi connectivity index (χ4n) is 2.43. The second kappa shape index (κ2) is 8.98. The molecule has 3 rings (SSSR count). The number of halogens is 2. The van der Waals surface area contributed by atoms with E-state index in [9.17, 15) is 14.9 Å². The summed E-state index contributed by atoms with van der Waals surface area (Å²) in [6, 6.07) is 8.79. The number of ether oxygens (including phenoxy) is 1. The van der Waals surface area contributed by atoms with Crippen molar-refractivity contribution in [2.45, 2.75) is 13.3 Å². The number of nitro groups is 1. The number of amidine groups is 1. The molecule has 1 aliphatic heterocycles. The molecule has 2 aromatic rings. The zero-order valence-corrected chi connectivity index (χ0v) is 17.2. The van der Waals surface area contributed by atoms with Gasteiger partial charge in [-0.15, -0.1) is 0 Å². The molecule has 0 fully saturated rings. The summed E-state index contributed by atoms with van der Waals surface area (Å²) < 4.78 is 5.48. The first kappa shape index (κ1) is 21.4. The summed E-state index contributed by atoms with van der Waals surface area (Å²) in [4.78, 5) is 31.9. The molecule has 1 N–H and O–H groups in total. The molecule has 0 bridgehead atoms. The number of carbonyl (C=O) groups is 1. The van der Waals surface area contributed by atoms with Gasteiger partial charge in [-0.2, -0.15) is 4.99 Å². The number of non-ortho nitro benzene ring substituents is 1. The average molecular weight is 448 g/mol. The first-order valence-corrected chi connectivity index (χ1v) is 9.41. The van der Waals surface area contributed by atoms with Gasteiger partial charge in [-0.05, 0) is 36.3 Å². The summed E-state index contributed by atoms with van der Waals surface area (Å²) in [6.07, 6.45) is 1.70. The van der Waals surface area contributed by atoms with Gasteiger partial charge in [0.05, 0.1) is 9.95 Å². The van der Waals surface area contributed by atoms with Gasteiger partial charge < -0.3 is 9.57 Å². The number of allylic oxidation sites excluding steroid dienone is 1. The molecule has 0 aliphatic carbocycles. The van der Waals surface area contributed by atoms with Gasteiger partial charge in [0.2, 0.25) is 0 Å². The summed E-state index contributed by atoms with van der Waals surface area (Å²) in [6.45, 7) is 5.53. The van der Waals surface area contributed by atoms with Crippen LogP contribution in [0, 0.1) is 10.1 Å². The van der Waals surface area contributed by atoms with Crippen LogP contribution in [0.15, 0.2) is 65.7 Å². The van der Waals surface area contributed by atoms with Gasteiger partial charge in [0.25, 0.3) is 11.6 Å². The third-order valence-electron chi connectivity index (χ3n) is 4.15. The van der Waals surface area contributed by atoms with Crippen molar-refractivity contribution in [2.75, 3.05) is 0 Å². The fraction of sp³-hybridized carbons (Fsp3) is 0.100. The first-order valence-electron chi connectivity index (χ1n) is 8.65. The molecule has 1 heterocycles. The van der Waals surface area contributed by atoms with Gasteiger partial charge in [-0.25, -0.2) is 5.48 Å². The van der Waals surface area contributed by atoms with E-state index in [-0.39, 0.29) is 38.7 Å². The predicted octanol–water partition coefficient (Wildman–Crippen LogP) is 5.21. The third-order valence-corrected chi connectivity index (χ3v) is 5.02. The molecular formula is C20H15Cl2N3O5. The van der Waals surface area contributed by atoms with E-state index >= 15 is 0 Å². The molecule has 10 heteroatoms. The van der Waals surface area contributed by atoms with E-state index in [0.717, 1.165) is 0 Å². The maximum absolute atomic E-state index is 12.3. The van der Waals surface area contributed by atoms with E-state index in [1.165, 1.54) is 42.7 Å². The Kier molecular flexibility index (Phi) is 6.39. The van der Waals surface area contributed by atoms with Gasteiger partial charge in [0.15, 0.2) is 17.9 Å². The lowest BCUT2D eigenvalue weighted by atomic mass is 10.0. The lowest BCUT2D eigenvalue weighted by molar-refractivity contribution is -0.384. The smallest absolute Gasteiger partial charge is 0.283 e. The third kappa shape index (κ3) is 4.45. The topological polar surface area (TPSA) is 103 Å². The minimum Gasteiger partial charge on any atom is -0.458 e. The Bertz CT molecular complexity index is 1090. The molecule has 0 amide bonds. The SMILES string of the molecule is C=C(CC)C(=O)c1ccc(OC=C2N=C(c3ccc([N+](=O)[O-])cc3)NO2)c(Cl)c1Cl. The normalized spacial score (nSPS) is 14.0.